The molecule has 0 unspecified atom stereocenters. The van der Waals surface area contributed by atoms with Gasteiger partial charge in [-0.05, 0) is 54.8 Å². The number of phenols is 1. The second-order valence-electron chi connectivity index (χ2n) is 9.91. The fraction of sp³-hybridized carbons (Fsp3) is 0.323. The fourth-order valence-corrected chi connectivity index (χ4v) is 5.27. The summed E-state index contributed by atoms with van der Waals surface area (Å²) in [7, 11) is 1.84. The summed E-state index contributed by atoms with van der Waals surface area (Å²) < 4.78 is 0. The molecule has 37 heavy (non-hydrogen) atoms. The van der Waals surface area contributed by atoms with E-state index in [1.54, 1.807) is 11.0 Å². The summed E-state index contributed by atoms with van der Waals surface area (Å²) in [5.41, 5.74) is 3.84. The molecular weight excluding hydrogens is 482 g/mol. The quantitative estimate of drug-likeness (QED) is 0.384. The largest absolute Gasteiger partial charge is 0.508 e. The van der Waals surface area contributed by atoms with Gasteiger partial charge in [-0.3, -0.25) is 14.6 Å². The molecule has 1 amide bonds. The van der Waals surface area contributed by atoms with Gasteiger partial charge in [0.25, 0.3) is 5.91 Å². The van der Waals surface area contributed by atoms with E-state index in [2.05, 4.69) is 42.4 Å². The van der Waals surface area contributed by atoms with Crippen LogP contribution >= 0.6 is 12.4 Å². The van der Waals surface area contributed by atoms with Gasteiger partial charge in [0.15, 0.2) is 0 Å². The van der Waals surface area contributed by atoms with Crippen molar-refractivity contribution in [3.63, 3.8) is 0 Å². The number of rotatable bonds is 8. The average Bonchev–Trinajstić information content (AvgIpc) is 2.87. The highest BCUT2D eigenvalue weighted by atomic mass is 35.5. The monoisotopic (exact) mass is 519 g/mol. The number of aromatic hydroxyl groups is 1. The van der Waals surface area contributed by atoms with Crippen LogP contribution in [0, 0.1) is 0 Å². The number of hydrogen-bond donors (Lipinski definition) is 1. The first-order chi connectivity index (χ1) is 17.4. The van der Waals surface area contributed by atoms with Crippen LogP contribution in [0.1, 0.15) is 46.9 Å². The Morgan fingerprint density at radius 3 is 2.35 bits per heavy atom. The zero-order valence-corrected chi connectivity index (χ0v) is 22.8. The average molecular weight is 520 g/mol. The predicted octanol–water partition coefficient (Wildman–Crippen LogP) is 5.76. The summed E-state index contributed by atoms with van der Waals surface area (Å²) in [6.07, 6.45) is 1.96. The Bertz CT molecular complexity index is 1190. The lowest BCUT2D eigenvalue weighted by molar-refractivity contribution is 0.0306. The van der Waals surface area contributed by atoms with Gasteiger partial charge < -0.3 is 10.0 Å². The van der Waals surface area contributed by atoms with E-state index in [4.69, 9.17) is 0 Å². The van der Waals surface area contributed by atoms with Crippen LogP contribution < -0.4 is 0 Å². The minimum absolute atomic E-state index is 0. The van der Waals surface area contributed by atoms with Crippen molar-refractivity contribution in [3.05, 3.63) is 114 Å². The second-order valence-corrected chi connectivity index (χ2v) is 9.91. The van der Waals surface area contributed by atoms with Gasteiger partial charge in [0.05, 0.1) is 6.04 Å². The minimum Gasteiger partial charge on any atom is -0.508 e. The molecule has 0 bridgehead atoms. The van der Waals surface area contributed by atoms with Crippen molar-refractivity contribution in [2.24, 2.45) is 0 Å². The smallest absolute Gasteiger partial charge is 0.253 e. The summed E-state index contributed by atoms with van der Waals surface area (Å²) >= 11 is 0. The van der Waals surface area contributed by atoms with E-state index in [0.717, 1.165) is 36.3 Å². The van der Waals surface area contributed by atoms with E-state index >= 15 is 0 Å². The predicted molar refractivity (Wildman–Crippen MR) is 153 cm³/mol. The lowest BCUT2D eigenvalue weighted by Crippen LogP contribution is -2.57. The molecule has 1 N–H and O–H groups in total. The van der Waals surface area contributed by atoms with Gasteiger partial charge in [0, 0.05) is 50.9 Å². The van der Waals surface area contributed by atoms with E-state index in [1.807, 2.05) is 73.8 Å². The number of phenolic OH excluding ortho intramolecular Hbond substituents is 1. The zero-order valence-electron chi connectivity index (χ0n) is 22.0. The summed E-state index contributed by atoms with van der Waals surface area (Å²) in [5, 5.41) is 10.3. The van der Waals surface area contributed by atoms with Crippen molar-refractivity contribution >= 4 is 18.3 Å². The highest BCUT2D eigenvalue weighted by Gasteiger charge is 2.34. The normalized spacial score (nSPS) is 19.0. The molecule has 0 spiro atoms. The van der Waals surface area contributed by atoms with E-state index in [1.165, 1.54) is 0 Å². The highest BCUT2D eigenvalue weighted by Crippen LogP contribution is 2.35. The molecule has 3 atom stereocenters. The topological polar surface area (TPSA) is 47.0 Å². The van der Waals surface area contributed by atoms with Crippen molar-refractivity contribution in [3.8, 4) is 5.75 Å². The van der Waals surface area contributed by atoms with Crippen LogP contribution in [0.15, 0.2) is 91.5 Å². The Morgan fingerprint density at radius 2 is 1.68 bits per heavy atom. The summed E-state index contributed by atoms with van der Waals surface area (Å²) in [6.45, 7) is 11.7. The number of benzene rings is 3. The summed E-state index contributed by atoms with van der Waals surface area (Å²) in [6, 6.07) is 26.1. The molecule has 6 heteroatoms. The first-order valence-corrected chi connectivity index (χ1v) is 12.7. The van der Waals surface area contributed by atoms with Gasteiger partial charge in [0.1, 0.15) is 5.75 Å². The molecule has 0 aliphatic carbocycles. The molecular formula is C31H38ClN3O2. The molecule has 1 fully saturated rings. The molecule has 5 nitrogen and oxygen atoms in total. The molecule has 4 rings (SSSR count). The number of carbonyl (C=O) groups is 1. The molecule has 0 aromatic heterocycles. The number of carbonyl (C=O) groups excluding carboxylic acids is 1. The number of amides is 1. The minimum atomic E-state index is -0.0763. The lowest BCUT2D eigenvalue weighted by atomic mass is 9.92. The first kappa shape index (κ1) is 28.5. The third kappa shape index (κ3) is 6.80. The van der Waals surface area contributed by atoms with Crippen molar-refractivity contribution in [2.75, 3.05) is 26.7 Å². The molecule has 1 aliphatic heterocycles. The number of halogens is 1. The van der Waals surface area contributed by atoms with E-state index in [-0.39, 0.29) is 36.1 Å². The molecule has 0 radical (unpaired) electrons. The number of nitrogens with zero attached hydrogens (tertiary/aromatic N) is 3. The van der Waals surface area contributed by atoms with Crippen molar-refractivity contribution in [1.29, 1.82) is 0 Å². The molecule has 3 aromatic carbocycles. The zero-order chi connectivity index (χ0) is 25.7. The maximum atomic E-state index is 13.4. The van der Waals surface area contributed by atoms with Crippen LogP contribution in [0.4, 0.5) is 0 Å². The van der Waals surface area contributed by atoms with Crippen LogP contribution in [-0.4, -0.2) is 64.5 Å². The first-order valence-electron chi connectivity index (χ1n) is 12.7. The van der Waals surface area contributed by atoms with Crippen molar-refractivity contribution in [1.82, 2.24) is 14.7 Å². The van der Waals surface area contributed by atoms with Gasteiger partial charge >= 0.3 is 0 Å². The van der Waals surface area contributed by atoms with Crippen LogP contribution in [0.25, 0.3) is 0 Å². The summed E-state index contributed by atoms with van der Waals surface area (Å²) in [5.74, 6) is 0.242. The van der Waals surface area contributed by atoms with Gasteiger partial charge in [0.2, 0.25) is 0 Å². The van der Waals surface area contributed by atoms with Gasteiger partial charge in [-0.2, -0.15) is 0 Å². The summed E-state index contributed by atoms with van der Waals surface area (Å²) in [4.78, 5) is 20.1. The van der Waals surface area contributed by atoms with Crippen molar-refractivity contribution < 1.29 is 9.90 Å². The highest BCUT2D eigenvalue weighted by molar-refractivity contribution is 5.94. The third-order valence-corrected chi connectivity index (χ3v) is 7.10. The molecule has 3 aromatic rings. The molecule has 196 valence electrons. The van der Waals surface area contributed by atoms with Crippen LogP contribution in [0.5, 0.6) is 5.75 Å². The Hall–Kier alpha value is -3.12. The Kier molecular flexibility index (Phi) is 9.93. The maximum absolute atomic E-state index is 13.4. The van der Waals surface area contributed by atoms with E-state index in [9.17, 15) is 9.90 Å². The standard InChI is InChI=1S/C31H37N3O2.ClH/c1-5-17-33-20-24(3)34(21-23(33)2)30(27-14-10-16-29(35)19-27)26-13-9-15-28(18-26)31(36)32(4)22-25-11-7-6-8-12-25;/h5-16,18-19,23-24,30,35H,1,17,20-22H2,2-4H3;1H/t23-,24-,30-;/m1./s1. The van der Waals surface area contributed by atoms with E-state index < -0.39 is 0 Å². The van der Waals surface area contributed by atoms with Gasteiger partial charge in [-0.25, -0.2) is 0 Å². The SMILES string of the molecule is C=CCN1C[C@@H](C)N([C@@H](c2cccc(O)c2)c2cccc(C(=O)N(C)Cc3ccccc3)c2)C[C@H]1C.Cl. The molecule has 1 aliphatic rings. The fourth-order valence-electron chi connectivity index (χ4n) is 5.27. The van der Waals surface area contributed by atoms with Crippen LogP contribution in [0.2, 0.25) is 0 Å². The molecule has 1 saturated heterocycles. The maximum Gasteiger partial charge on any atom is 0.253 e. The molecule has 1 heterocycles. The third-order valence-electron chi connectivity index (χ3n) is 7.10. The van der Waals surface area contributed by atoms with Crippen LogP contribution in [0.3, 0.4) is 0 Å². The van der Waals surface area contributed by atoms with Crippen LogP contribution in [-0.2, 0) is 6.54 Å². The Balaban J connectivity index is 0.00000380. The van der Waals surface area contributed by atoms with E-state index in [0.29, 0.717) is 18.2 Å². The lowest BCUT2D eigenvalue weighted by Gasteiger charge is -2.47. The number of piperazine rings is 1. The molecule has 0 saturated carbocycles. The van der Waals surface area contributed by atoms with Gasteiger partial charge in [-0.15, -0.1) is 19.0 Å². The Labute approximate surface area is 227 Å². The Morgan fingerprint density at radius 1 is 1.00 bits per heavy atom. The second kappa shape index (κ2) is 12.9. The number of hydrogen-bond acceptors (Lipinski definition) is 4. The van der Waals surface area contributed by atoms with Gasteiger partial charge in [-0.1, -0.05) is 60.7 Å². The van der Waals surface area contributed by atoms with Crippen molar-refractivity contribution in [2.45, 2.75) is 38.5 Å².